The zero-order chi connectivity index (χ0) is 18.4. The molecule has 25 heavy (non-hydrogen) atoms. The van der Waals surface area contributed by atoms with Gasteiger partial charge in [0.2, 0.25) is 5.91 Å². The highest BCUT2D eigenvalue weighted by Gasteiger charge is 2.27. The molecule has 8 heteroatoms. The maximum atomic E-state index is 13.0. The molecule has 0 aliphatic heterocycles. The molecular weight excluding hydrogens is 344 g/mol. The fraction of sp³-hybridized carbons (Fsp3) is 0.235. The Labute approximate surface area is 147 Å². The number of hydrogen-bond donors (Lipinski definition) is 1. The van der Waals surface area contributed by atoms with Crippen LogP contribution in [0.1, 0.15) is 0 Å². The highest BCUT2D eigenvalue weighted by atomic mass is 32.2. The molecule has 0 saturated heterocycles. The molecule has 0 fully saturated rings. The number of methoxy groups -OCH3 is 2. The van der Waals surface area contributed by atoms with Crippen LogP contribution in [0.3, 0.4) is 0 Å². The van der Waals surface area contributed by atoms with Crippen molar-refractivity contribution in [2.24, 2.45) is 0 Å². The number of carbonyl (C=O) groups is 1. The van der Waals surface area contributed by atoms with E-state index in [4.69, 9.17) is 9.47 Å². The van der Waals surface area contributed by atoms with Crippen molar-refractivity contribution in [1.29, 1.82) is 0 Å². The van der Waals surface area contributed by atoms with Crippen molar-refractivity contribution in [3.63, 3.8) is 0 Å². The standard InChI is InChI=1S/C17H20N2O5S/c1-18-17(20)12-19(25(21,22)14-7-5-4-6-8-14)13-9-10-15(23-2)16(11-13)24-3/h4-11H,12H2,1-3H3,(H,18,20). The molecule has 7 nitrogen and oxygen atoms in total. The van der Waals surface area contributed by atoms with Crippen molar-refractivity contribution in [1.82, 2.24) is 5.32 Å². The number of carbonyl (C=O) groups excluding carboxylic acids is 1. The van der Waals surface area contributed by atoms with Crippen LogP contribution in [0.2, 0.25) is 0 Å². The monoisotopic (exact) mass is 364 g/mol. The predicted molar refractivity (Wildman–Crippen MR) is 94.6 cm³/mol. The van der Waals surface area contributed by atoms with Crippen molar-refractivity contribution in [3.05, 3.63) is 48.5 Å². The predicted octanol–water partition coefficient (Wildman–Crippen LogP) is 1.65. The summed E-state index contributed by atoms with van der Waals surface area (Å²) >= 11 is 0. The Kier molecular flexibility index (Phi) is 5.87. The molecule has 0 aromatic heterocycles. The lowest BCUT2D eigenvalue weighted by atomic mass is 10.2. The molecule has 0 heterocycles. The smallest absolute Gasteiger partial charge is 0.264 e. The van der Waals surface area contributed by atoms with Gasteiger partial charge in [-0.25, -0.2) is 8.42 Å². The summed E-state index contributed by atoms with van der Waals surface area (Å²) < 4.78 is 37.5. The fourth-order valence-electron chi connectivity index (χ4n) is 2.22. The molecule has 0 radical (unpaired) electrons. The summed E-state index contributed by atoms with van der Waals surface area (Å²) in [5.74, 6) is 0.391. The molecule has 2 aromatic carbocycles. The summed E-state index contributed by atoms with van der Waals surface area (Å²) in [5.41, 5.74) is 0.296. The van der Waals surface area contributed by atoms with Crippen LogP contribution >= 0.6 is 0 Å². The minimum Gasteiger partial charge on any atom is -0.493 e. The number of nitrogens with zero attached hydrogens (tertiary/aromatic N) is 1. The molecule has 134 valence electrons. The van der Waals surface area contributed by atoms with Gasteiger partial charge in [0.05, 0.1) is 24.8 Å². The molecule has 0 saturated carbocycles. The van der Waals surface area contributed by atoms with Gasteiger partial charge in [-0.05, 0) is 24.3 Å². The lowest BCUT2D eigenvalue weighted by Gasteiger charge is -2.24. The van der Waals surface area contributed by atoms with Gasteiger partial charge in [-0.3, -0.25) is 9.10 Å². The van der Waals surface area contributed by atoms with Crippen LogP contribution in [0.5, 0.6) is 11.5 Å². The van der Waals surface area contributed by atoms with Gasteiger partial charge in [-0.1, -0.05) is 18.2 Å². The molecule has 2 aromatic rings. The third-order valence-electron chi connectivity index (χ3n) is 3.55. The second-order valence-electron chi connectivity index (χ2n) is 5.04. The first-order valence-electron chi connectivity index (χ1n) is 7.44. The van der Waals surface area contributed by atoms with Gasteiger partial charge in [0.25, 0.3) is 10.0 Å². The van der Waals surface area contributed by atoms with Gasteiger partial charge in [0.1, 0.15) is 6.54 Å². The van der Waals surface area contributed by atoms with Crippen molar-refractivity contribution < 1.29 is 22.7 Å². The van der Waals surface area contributed by atoms with E-state index in [0.717, 1.165) is 4.31 Å². The van der Waals surface area contributed by atoms with Gasteiger partial charge < -0.3 is 14.8 Å². The van der Waals surface area contributed by atoms with Gasteiger partial charge >= 0.3 is 0 Å². The number of sulfonamides is 1. The molecule has 0 aliphatic rings. The Hall–Kier alpha value is -2.74. The average molecular weight is 364 g/mol. The molecular formula is C17H20N2O5S. The van der Waals surface area contributed by atoms with Crippen molar-refractivity contribution in [3.8, 4) is 11.5 Å². The first kappa shape index (κ1) is 18.6. The first-order chi connectivity index (χ1) is 11.9. The Morgan fingerprint density at radius 1 is 1.04 bits per heavy atom. The second-order valence-corrected chi connectivity index (χ2v) is 6.90. The van der Waals surface area contributed by atoms with Crippen LogP contribution in [-0.4, -0.2) is 42.1 Å². The van der Waals surface area contributed by atoms with Crippen molar-refractivity contribution in [2.75, 3.05) is 32.1 Å². The van der Waals surface area contributed by atoms with E-state index >= 15 is 0 Å². The quantitative estimate of drug-likeness (QED) is 0.807. The Bertz CT molecular complexity index is 837. The fourth-order valence-corrected chi connectivity index (χ4v) is 3.66. The summed E-state index contributed by atoms with van der Waals surface area (Å²) in [6.07, 6.45) is 0. The minimum atomic E-state index is -3.93. The summed E-state index contributed by atoms with van der Waals surface area (Å²) in [4.78, 5) is 12.0. The van der Waals surface area contributed by atoms with Gasteiger partial charge in [0, 0.05) is 13.1 Å². The molecule has 0 spiro atoms. The number of hydrogen-bond acceptors (Lipinski definition) is 5. The van der Waals surface area contributed by atoms with E-state index in [9.17, 15) is 13.2 Å². The first-order valence-corrected chi connectivity index (χ1v) is 8.88. The normalized spacial score (nSPS) is 10.8. The lowest BCUT2D eigenvalue weighted by molar-refractivity contribution is -0.119. The van der Waals surface area contributed by atoms with Gasteiger partial charge in [-0.15, -0.1) is 0 Å². The highest BCUT2D eigenvalue weighted by Crippen LogP contribution is 2.33. The number of benzene rings is 2. The Morgan fingerprint density at radius 2 is 1.68 bits per heavy atom. The number of nitrogens with one attached hydrogen (secondary N) is 1. The lowest BCUT2D eigenvalue weighted by Crippen LogP contribution is -2.39. The number of ether oxygens (including phenoxy) is 2. The second kappa shape index (κ2) is 7.89. The SMILES string of the molecule is CNC(=O)CN(c1ccc(OC)c(OC)c1)S(=O)(=O)c1ccccc1. The van der Waals surface area contributed by atoms with Gasteiger partial charge in [0.15, 0.2) is 11.5 Å². The zero-order valence-electron chi connectivity index (χ0n) is 14.2. The molecule has 0 aliphatic carbocycles. The van der Waals surface area contributed by atoms with Crippen LogP contribution in [0.15, 0.2) is 53.4 Å². The van der Waals surface area contributed by atoms with E-state index < -0.39 is 15.9 Å². The maximum absolute atomic E-state index is 13.0. The Balaban J connectivity index is 2.55. The van der Waals surface area contributed by atoms with E-state index in [1.165, 1.54) is 39.5 Å². The molecule has 0 bridgehead atoms. The number of amides is 1. The largest absolute Gasteiger partial charge is 0.493 e. The van der Waals surface area contributed by atoms with Crippen LogP contribution in [-0.2, 0) is 14.8 Å². The van der Waals surface area contributed by atoms with Gasteiger partial charge in [-0.2, -0.15) is 0 Å². The third-order valence-corrected chi connectivity index (χ3v) is 5.34. The summed E-state index contributed by atoms with van der Waals surface area (Å²) in [6.45, 7) is -0.358. The molecule has 1 amide bonds. The van der Waals surface area contributed by atoms with Crippen molar-refractivity contribution >= 4 is 21.6 Å². The van der Waals surface area contributed by atoms with Crippen LogP contribution < -0.4 is 19.1 Å². The van der Waals surface area contributed by atoms with Crippen LogP contribution in [0.25, 0.3) is 0 Å². The summed E-state index contributed by atoms with van der Waals surface area (Å²) in [5, 5.41) is 2.44. The topological polar surface area (TPSA) is 84.9 Å². The average Bonchev–Trinajstić information content (AvgIpc) is 2.65. The van der Waals surface area contributed by atoms with E-state index in [1.54, 1.807) is 30.3 Å². The van der Waals surface area contributed by atoms with Crippen LogP contribution in [0, 0.1) is 0 Å². The van der Waals surface area contributed by atoms with Crippen LogP contribution in [0.4, 0.5) is 5.69 Å². The summed E-state index contributed by atoms with van der Waals surface area (Å²) in [7, 11) is 0.462. The molecule has 2 rings (SSSR count). The van der Waals surface area contributed by atoms with E-state index in [1.807, 2.05) is 0 Å². The summed E-state index contributed by atoms with van der Waals surface area (Å²) in [6, 6.07) is 12.6. The molecule has 1 N–H and O–H groups in total. The molecule has 0 atom stereocenters. The zero-order valence-corrected chi connectivity index (χ0v) is 15.0. The molecule has 0 unspecified atom stereocenters. The number of likely N-dealkylation sites (N-methyl/N-ethyl adjacent to an activating group) is 1. The number of rotatable bonds is 7. The highest BCUT2D eigenvalue weighted by molar-refractivity contribution is 7.92. The maximum Gasteiger partial charge on any atom is 0.264 e. The van der Waals surface area contributed by atoms with E-state index in [-0.39, 0.29) is 11.4 Å². The number of anilines is 1. The minimum absolute atomic E-state index is 0.0914. The Morgan fingerprint density at radius 3 is 2.24 bits per heavy atom. The van der Waals surface area contributed by atoms with E-state index in [0.29, 0.717) is 17.2 Å². The third kappa shape index (κ3) is 4.03. The van der Waals surface area contributed by atoms with E-state index in [2.05, 4.69) is 5.32 Å². The van der Waals surface area contributed by atoms with Crippen molar-refractivity contribution in [2.45, 2.75) is 4.90 Å².